The number of alkyl halides is 6. The van der Waals surface area contributed by atoms with E-state index in [-0.39, 0.29) is 70.3 Å². The smallest absolute Gasteiger partial charge is 0.419 e. The van der Waals surface area contributed by atoms with Crippen molar-refractivity contribution in [1.29, 1.82) is 5.26 Å². The van der Waals surface area contributed by atoms with Gasteiger partial charge in [-0.2, -0.15) is 31.6 Å². The van der Waals surface area contributed by atoms with Gasteiger partial charge in [0, 0.05) is 36.7 Å². The van der Waals surface area contributed by atoms with E-state index >= 15 is 4.39 Å². The van der Waals surface area contributed by atoms with Crippen LogP contribution in [-0.4, -0.2) is 47.0 Å². The molecule has 0 spiro atoms. The maximum absolute atomic E-state index is 15.1. The lowest BCUT2D eigenvalue weighted by molar-refractivity contribution is -0.139. The fourth-order valence-electron chi connectivity index (χ4n) is 5.39. The lowest BCUT2D eigenvalue weighted by atomic mass is 9.90. The molecule has 1 aromatic heterocycles. The third kappa shape index (κ3) is 10.0. The van der Waals surface area contributed by atoms with E-state index in [9.17, 15) is 41.5 Å². The second-order valence-electron chi connectivity index (χ2n) is 12.2. The number of anilines is 1. The Hall–Kier alpha value is -5.63. The van der Waals surface area contributed by atoms with Crippen molar-refractivity contribution in [3.05, 3.63) is 94.1 Å². The van der Waals surface area contributed by atoms with Gasteiger partial charge in [0.25, 0.3) is 0 Å². The molecule has 17 heteroatoms. The Balaban J connectivity index is 1.94. The highest BCUT2D eigenvalue weighted by Gasteiger charge is 2.37. The molecular formula is C36H33F7N4O6. The number of hydrogen-bond donors (Lipinski definition) is 2. The van der Waals surface area contributed by atoms with Crippen molar-refractivity contribution in [2.24, 2.45) is 0 Å². The topological polar surface area (TPSA) is 138 Å². The van der Waals surface area contributed by atoms with Gasteiger partial charge in [0.15, 0.2) is 5.75 Å². The summed E-state index contributed by atoms with van der Waals surface area (Å²) in [5.41, 5.74) is -4.89. The van der Waals surface area contributed by atoms with Crippen molar-refractivity contribution in [1.82, 2.24) is 9.97 Å². The van der Waals surface area contributed by atoms with E-state index in [1.165, 1.54) is 44.3 Å². The fraction of sp³-hybridized carbons (Fsp3) is 0.333. The van der Waals surface area contributed by atoms with E-state index in [0.717, 1.165) is 37.4 Å². The zero-order valence-corrected chi connectivity index (χ0v) is 28.7. The van der Waals surface area contributed by atoms with E-state index in [4.69, 9.17) is 19.3 Å². The highest BCUT2D eigenvalue weighted by Crippen LogP contribution is 2.44. The standard InChI is InChI=1S/C36H33F7N4O6/c1-34(2,50)27-13-26(30(51-3)14-29(27)37)25-12-28(36(41,42)43)31(52-4)11-22(25)19-47(18-21-8-20(15-44)9-23(10-21)35(38,39)40)33-45-16-24(17-46-33)53-7-5-6-32(48)49/h8-14,16-17,50H,5-7,18-19H2,1-4H3,(H,48,49). The molecule has 0 unspecified atom stereocenters. The van der Waals surface area contributed by atoms with Crippen LogP contribution in [0.3, 0.4) is 0 Å². The van der Waals surface area contributed by atoms with Crippen LogP contribution in [0, 0.1) is 17.1 Å². The van der Waals surface area contributed by atoms with Gasteiger partial charge < -0.3 is 29.3 Å². The van der Waals surface area contributed by atoms with Crippen molar-refractivity contribution >= 4 is 11.9 Å². The number of nitrogens with zero attached hydrogens (tertiary/aromatic N) is 4. The molecule has 1 heterocycles. The molecule has 2 N–H and O–H groups in total. The molecule has 0 aliphatic heterocycles. The Morgan fingerprint density at radius 2 is 1.51 bits per heavy atom. The number of ether oxygens (including phenoxy) is 3. The molecule has 0 aliphatic rings. The van der Waals surface area contributed by atoms with Crippen LogP contribution in [-0.2, 0) is 35.8 Å². The molecule has 53 heavy (non-hydrogen) atoms. The average molecular weight is 751 g/mol. The Labute approximate surface area is 299 Å². The number of aromatic nitrogens is 2. The quantitative estimate of drug-likeness (QED) is 0.0967. The molecule has 3 aromatic carbocycles. The average Bonchev–Trinajstić information content (AvgIpc) is 3.08. The van der Waals surface area contributed by atoms with Gasteiger partial charge in [-0.05, 0) is 73.4 Å². The zero-order chi connectivity index (χ0) is 39.3. The van der Waals surface area contributed by atoms with Gasteiger partial charge in [-0.25, -0.2) is 14.4 Å². The molecule has 0 saturated carbocycles. The van der Waals surface area contributed by atoms with Gasteiger partial charge in [-0.1, -0.05) is 0 Å². The monoisotopic (exact) mass is 750 g/mol. The van der Waals surface area contributed by atoms with Gasteiger partial charge in [0.1, 0.15) is 17.3 Å². The summed E-state index contributed by atoms with van der Waals surface area (Å²) in [5, 5.41) is 29.0. The molecule has 0 atom stereocenters. The summed E-state index contributed by atoms with van der Waals surface area (Å²) < 4.78 is 116. The largest absolute Gasteiger partial charge is 0.496 e. The number of carboxylic acids is 1. The van der Waals surface area contributed by atoms with Gasteiger partial charge in [-0.3, -0.25) is 4.79 Å². The zero-order valence-electron chi connectivity index (χ0n) is 28.7. The maximum atomic E-state index is 15.1. The number of carbonyl (C=O) groups is 1. The molecule has 0 radical (unpaired) electrons. The first-order valence-corrected chi connectivity index (χ1v) is 15.7. The predicted molar refractivity (Wildman–Crippen MR) is 176 cm³/mol. The molecule has 4 rings (SSSR count). The maximum Gasteiger partial charge on any atom is 0.419 e. The summed E-state index contributed by atoms with van der Waals surface area (Å²) in [6.45, 7) is 1.75. The number of benzene rings is 3. The molecule has 0 aliphatic carbocycles. The van der Waals surface area contributed by atoms with Crippen LogP contribution in [0.25, 0.3) is 11.1 Å². The second-order valence-corrected chi connectivity index (χ2v) is 12.2. The molecule has 0 saturated heterocycles. The number of aliphatic hydroxyl groups is 1. The predicted octanol–water partition coefficient (Wildman–Crippen LogP) is 7.89. The molecule has 10 nitrogen and oxygen atoms in total. The number of nitriles is 1. The lowest BCUT2D eigenvalue weighted by Gasteiger charge is -2.27. The first-order valence-electron chi connectivity index (χ1n) is 15.7. The van der Waals surface area contributed by atoms with Crippen LogP contribution in [0.4, 0.5) is 36.7 Å². The first kappa shape index (κ1) is 40.1. The summed E-state index contributed by atoms with van der Waals surface area (Å²) in [6.07, 6.45) is -7.33. The Morgan fingerprint density at radius 1 is 0.868 bits per heavy atom. The van der Waals surface area contributed by atoms with E-state index < -0.39 is 59.7 Å². The van der Waals surface area contributed by atoms with E-state index in [1.807, 2.05) is 0 Å². The molecular weight excluding hydrogens is 717 g/mol. The van der Waals surface area contributed by atoms with Crippen molar-refractivity contribution in [2.45, 2.75) is 57.7 Å². The molecule has 0 fully saturated rings. The van der Waals surface area contributed by atoms with Crippen LogP contribution >= 0.6 is 0 Å². The first-order chi connectivity index (χ1) is 24.7. The third-order valence-electron chi connectivity index (χ3n) is 7.85. The van der Waals surface area contributed by atoms with Crippen LogP contribution in [0.5, 0.6) is 17.2 Å². The van der Waals surface area contributed by atoms with Gasteiger partial charge in [0.2, 0.25) is 5.95 Å². The number of hydrogen-bond acceptors (Lipinski definition) is 9. The number of carboxylic acid groups (broad SMARTS) is 1. The molecule has 282 valence electrons. The van der Waals surface area contributed by atoms with Crippen molar-refractivity contribution in [3.8, 4) is 34.4 Å². The van der Waals surface area contributed by atoms with Gasteiger partial charge in [0.05, 0.1) is 61.6 Å². The lowest BCUT2D eigenvalue weighted by Crippen LogP contribution is -2.25. The summed E-state index contributed by atoms with van der Waals surface area (Å²) in [6, 6.07) is 8.23. The SMILES string of the molecule is COc1cc(F)c(C(C)(C)O)cc1-c1cc(C(F)(F)F)c(OC)cc1CN(Cc1cc(C#N)cc(C(F)(F)F)c1)c1ncc(OCCCC(=O)O)cn1. The summed E-state index contributed by atoms with van der Waals surface area (Å²) in [7, 11) is 2.18. The summed E-state index contributed by atoms with van der Waals surface area (Å²) >= 11 is 0. The summed E-state index contributed by atoms with van der Waals surface area (Å²) in [5.74, 6) is -2.75. The van der Waals surface area contributed by atoms with Crippen LogP contribution in [0.15, 0.2) is 54.9 Å². The van der Waals surface area contributed by atoms with Crippen molar-refractivity contribution < 1.29 is 60.0 Å². The minimum Gasteiger partial charge on any atom is -0.496 e. The van der Waals surface area contributed by atoms with Gasteiger partial charge in [-0.15, -0.1) is 0 Å². The highest BCUT2D eigenvalue weighted by molar-refractivity contribution is 5.77. The Morgan fingerprint density at radius 3 is 2.06 bits per heavy atom. The van der Waals surface area contributed by atoms with Crippen LogP contribution in [0.2, 0.25) is 0 Å². The number of methoxy groups -OCH3 is 2. The minimum atomic E-state index is -4.94. The number of rotatable bonds is 14. The van der Waals surface area contributed by atoms with Crippen LogP contribution in [0.1, 0.15) is 60.1 Å². The number of halogens is 7. The fourth-order valence-corrected chi connectivity index (χ4v) is 5.39. The minimum absolute atomic E-state index is 0.000732. The number of aliphatic carboxylic acids is 1. The molecule has 4 aromatic rings. The Bertz CT molecular complexity index is 1990. The molecule has 0 bridgehead atoms. The van der Waals surface area contributed by atoms with Gasteiger partial charge >= 0.3 is 18.3 Å². The van der Waals surface area contributed by atoms with E-state index in [0.29, 0.717) is 6.07 Å². The van der Waals surface area contributed by atoms with Crippen LogP contribution < -0.4 is 19.1 Å². The Kier molecular flexibility index (Phi) is 12.1. The van der Waals surface area contributed by atoms with Crippen molar-refractivity contribution in [2.75, 3.05) is 25.7 Å². The molecule has 0 amide bonds. The van der Waals surface area contributed by atoms with E-state index in [1.54, 1.807) is 6.07 Å². The normalized spacial score (nSPS) is 11.9. The summed E-state index contributed by atoms with van der Waals surface area (Å²) in [4.78, 5) is 20.7. The van der Waals surface area contributed by atoms with E-state index in [2.05, 4.69) is 9.97 Å². The highest BCUT2D eigenvalue weighted by atomic mass is 19.4. The second kappa shape index (κ2) is 15.9. The third-order valence-corrected chi connectivity index (χ3v) is 7.85. The van der Waals surface area contributed by atoms with Crippen molar-refractivity contribution in [3.63, 3.8) is 0 Å².